The average molecular weight is 180 g/mol. The van der Waals surface area contributed by atoms with Crippen molar-refractivity contribution in [2.45, 2.75) is 29.8 Å². The molecule has 0 N–H and O–H groups in total. The number of thioether (sulfide) groups is 1. The van der Waals surface area contributed by atoms with Gasteiger partial charge in [-0.2, -0.15) is 0 Å². The van der Waals surface area contributed by atoms with E-state index in [9.17, 15) is 4.79 Å². The van der Waals surface area contributed by atoms with Crippen molar-refractivity contribution in [2.75, 3.05) is 0 Å². The molecule has 0 aromatic rings. The van der Waals surface area contributed by atoms with E-state index >= 15 is 0 Å². The molecule has 0 aromatic heterocycles. The van der Waals surface area contributed by atoms with Crippen molar-refractivity contribution < 1.29 is 4.79 Å². The van der Waals surface area contributed by atoms with Crippen molar-refractivity contribution in [1.29, 1.82) is 0 Å². The summed E-state index contributed by atoms with van der Waals surface area (Å²) < 4.78 is 0. The van der Waals surface area contributed by atoms with Crippen molar-refractivity contribution in [2.24, 2.45) is 11.8 Å². The Labute approximate surface area is 76.6 Å². The molecule has 0 radical (unpaired) electrons. The standard InChI is InChI=1S/C10H12OS/c1-5-6-2-7-4-8(5)12-9(3-6)10(7)11/h6-9H,1-4H2/t6-,7-,8-,9-/m0/s1. The lowest BCUT2D eigenvalue weighted by Crippen LogP contribution is -2.48. The number of carbonyl (C=O) groups is 1. The lowest BCUT2D eigenvalue weighted by atomic mass is 9.68. The van der Waals surface area contributed by atoms with E-state index in [0.717, 1.165) is 19.3 Å². The Kier molecular flexibility index (Phi) is 1.30. The van der Waals surface area contributed by atoms with E-state index in [0.29, 0.717) is 28.1 Å². The van der Waals surface area contributed by atoms with Gasteiger partial charge in [0, 0.05) is 11.2 Å². The molecule has 0 spiro atoms. The third kappa shape index (κ3) is 0.743. The minimum absolute atomic E-state index is 0.345. The van der Waals surface area contributed by atoms with Gasteiger partial charge in [-0.25, -0.2) is 0 Å². The average Bonchev–Trinajstić information content (AvgIpc) is 2.02. The maximum atomic E-state index is 11.6. The van der Waals surface area contributed by atoms with E-state index in [4.69, 9.17) is 0 Å². The molecule has 2 heteroatoms. The number of hydrogen-bond acceptors (Lipinski definition) is 2. The molecule has 2 heterocycles. The molecule has 12 heavy (non-hydrogen) atoms. The Balaban J connectivity index is 2.01. The quantitative estimate of drug-likeness (QED) is 0.530. The molecule has 0 aromatic carbocycles. The minimum atomic E-state index is 0.345. The van der Waals surface area contributed by atoms with Crippen molar-refractivity contribution in [3.05, 3.63) is 12.2 Å². The first-order valence-electron chi connectivity index (χ1n) is 4.63. The number of ketones is 1. The number of Topliss-reactive ketones (excluding diaryl/α,β-unsaturated/α-hetero) is 1. The molecule has 2 aliphatic heterocycles. The summed E-state index contributed by atoms with van der Waals surface area (Å²) in [7, 11) is 0. The molecule has 4 aliphatic rings. The van der Waals surface area contributed by atoms with Crippen molar-refractivity contribution in [3.8, 4) is 0 Å². The summed E-state index contributed by atoms with van der Waals surface area (Å²) in [5.41, 5.74) is 1.43. The summed E-state index contributed by atoms with van der Waals surface area (Å²) in [6.07, 6.45) is 3.30. The first-order valence-corrected chi connectivity index (χ1v) is 5.58. The fourth-order valence-corrected chi connectivity index (χ4v) is 4.62. The highest BCUT2D eigenvalue weighted by Gasteiger charge is 2.49. The highest BCUT2D eigenvalue weighted by Crippen LogP contribution is 2.54. The summed E-state index contributed by atoms with van der Waals surface area (Å²) in [5.74, 6) is 1.64. The van der Waals surface area contributed by atoms with Crippen LogP contribution in [-0.2, 0) is 4.79 Å². The van der Waals surface area contributed by atoms with Gasteiger partial charge in [-0.15, -0.1) is 11.8 Å². The van der Waals surface area contributed by atoms with Gasteiger partial charge in [-0.05, 0) is 25.2 Å². The van der Waals surface area contributed by atoms with E-state index in [2.05, 4.69) is 6.58 Å². The van der Waals surface area contributed by atoms with Gasteiger partial charge < -0.3 is 0 Å². The van der Waals surface area contributed by atoms with Crippen LogP contribution in [0.2, 0.25) is 0 Å². The molecule has 0 amide bonds. The second-order valence-corrected chi connectivity index (χ2v) is 5.60. The molecule has 2 saturated carbocycles. The lowest BCUT2D eigenvalue weighted by molar-refractivity contribution is -0.126. The summed E-state index contributed by atoms with van der Waals surface area (Å²) in [6, 6.07) is 0. The minimum Gasteiger partial charge on any atom is -0.298 e. The maximum Gasteiger partial charge on any atom is 0.148 e. The number of rotatable bonds is 0. The van der Waals surface area contributed by atoms with Crippen molar-refractivity contribution in [3.63, 3.8) is 0 Å². The Morgan fingerprint density at radius 1 is 1.17 bits per heavy atom. The highest BCUT2D eigenvalue weighted by molar-refractivity contribution is 8.01. The fraction of sp³-hybridized carbons (Fsp3) is 0.700. The van der Waals surface area contributed by atoms with Crippen LogP contribution in [0.1, 0.15) is 19.3 Å². The molecule has 4 fully saturated rings. The monoisotopic (exact) mass is 180 g/mol. The molecule has 1 nitrogen and oxygen atoms in total. The van der Waals surface area contributed by atoms with Gasteiger partial charge in [0.2, 0.25) is 0 Å². The van der Waals surface area contributed by atoms with Gasteiger partial charge in [-0.3, -0.25) is 4.79 Å². The zero-order chi connectivity index (χ0) is 8.29. The van der Waals surface area contributed by atoms with Gasteiger partial charge in [0.15, 0.2) is 0 Å². The van der Waals surface area contributed by atoms with E-state index in [1.807, 2.05) is 11.8 Å². The lowest BCUT2D eigenvalue weighted by Gasteiger charge is -2.49. The van der Waals surface area contributed by atoms with Crippen molar-refractivity contribution >= 4 is 17.5 Å². The van der Waals surface area contributed by atoms with E-state index in [1.54, 1.807) is 0 Å². The molecule has 4 atom stereocenters. The maximum absolute atomic E-state index is 11.6. The van der Waals surface area contributed by atoms with Crippen LogP contribution >= 0.6 is 11.8 Å². The zero-order valence-corrected chi connectivity index (χ0v) is 7.77. The van der Waals surface area contributed by atoms with Crippen LogP contribution < -0.4 is 0 Å². The first kappa shape index (κ1) is 7.19. The molecule has 2 aliphatic carbocycles. The van der Waals surface area contributed by atoms with Crippen LogP contribution in [0.5, 0.6) is 0 Å². The van der Waals surface area contributed by atoms with Crippen LogP contribution in [-0.4, -0.2) is 16.3 Å². The summed E-state index contributed by atoms with van der Waals surface area (Å²) in [4.78, 5) is 11.6. The number of carbonyl (C=O) groups excluding carboxylic acids is 1. The SMILES string of the molecule is C=C1[C@H]2C[C@H]3C[C@@H]1S[C@@H](C2)C3=O. The fourth-order valence-electron chi connectivity index (χ4n) is 2.84. The normalized spacial score (nSPS) is 50.3. The molecule has 0 unspecified atom stereocenters. The van der Waals surface area contributed by atoms with Crippen molar-refractivity contribution in [1.82, 2.24) is 0 Å². The molecular weight excluding hydrogens is 168 g/mol. The van der Waals surface area contributed by atoms with Gasteiger partial charge in [0.1, 0.15) is 5.78 Å². The Morgan fingerprint density at radius 2 is 1.92 bits per heavy atom. The van der Waals surface area contributed by atoms with Gasteiger partial charge in [0.05, 0.1) is 5.25 Å². The predicted molar refractivity (Wildman–Crippen MR) is 50.1 cm³/mol. The van der Waals surface area contributed by atoms with E-state index in [1.165, 1.54) is 5.57 Å². The van der Waals surface area contributed by atoms with E-state index < -0.39 is 0 Å². The first-order chi connectivity index (χ1) is 5.75. The van der Waals surface area contributed by atoms with Crippen LogP contribution in [0.15, 0.2) is 12.2 Å². The Morgan fingerprint density at radius 3 is 2.58 bits per heavy atom. The third-order valence-corrected chi connectivity index (χ3v) is 5.13. The van der Waals surface area contributed by atoms with Gasteiger partial charge in [-0.1, -0.05) is 12.2 Å². The Hall–Kier alpha value is -0.240. The van der Waals surface area contributed by atoms with Crippen LogP contribution in [0.25, 0.3) is 0 Å². The third-order valence-electron chi connectivity index (χ3n) is 3.55. The highest BCUT2D eigenvalue weighted by atomic mass is 32.2. The second-order valence-electron chi connectivity index (χ2n) is 4.19. The molecule has 2 saturated heterocycles. The smallest absolute Gasteiger partial charge is 0.148 e. The summed E-state index contributed by atoms with van der Waals surface area (Å²) >= 11 is 1.87. The summed E-state index contributed by atoms with van der Waals surface area (Å²) in [5, 5.41) is 0.975. The zero-order valence-electron chi connectivity index (χ0n) is 6.95. The molecular formula is C10H12OS. The van der Waals surface area contributed by atoms with Gasteiger partial charge in [0.25, 0.3) is 0 Å². The summed E-state index contributed by atoms with van der Waals surface area (Å²) in [6.45, 7) is 4.15. The topological polar surface area (TPSA) is 17.1 Å². The van der Waals surface area contributed by atoms with Crippen LogP contribution in [0.4, 0.5) is 0 Å². The Bertz CT molecular complexity index is 211. The number of hydrogen-bond donors (Lipinski definition) is 0. The van der Waals surface area contributed by atoms with Crippen LogP contribution in [0, 0.1) is 11.8 Å². The second kappa shape index (κ2) is 2.16. The van der Waals surface area contributed by atoms with Crippen LogP contribution in [0.3, 0.4) is 0 Å². The molecule has 64 valence electrons. The molecule has 4 bridgehead atoms. The largest absolute Gasteiger partial charge is 0.298 e. The van der Waals surface area contributed by atoms with E-state index in [-0.39, 0.29) is 0 Å². The predicted octanol–water partition coefficient (Wildman–Crippen LogP) is 2.03. The van der Waals surface area contributed by atoms with Gasteiger partial charge >= 0.3 is 0 Å². The molecule has 4 rings (SSSR count).